The minimum absolute atomic E-state index is 0.102. The van der Waals surface area contributed by atoms with Crippen molar-refractivity contribution in [3.63, 3.8) is 0 Å². The molecule has 1 amide bonds. The highest BCUT2D eigenvalue weighted by molar-refractivity contribution is 6.09. The minimum Gasteiger partial charge on any atom is -0.503 e. The average molecular weight is 488 g/mol. The van der Waals surface area contributed by atoms with Crippen molar-refractivity contribution in [1.82, 2.24) is 4.90 Å². The number of methoxy groups -OCH3 is 3. The number of carbonyl (C=O) groups is 2. The van der Waals surface area contributed by atoms with Crippen LogP contribution in [-0.4, -0.2) is 43.0 Å². The lowest BCUT2D eigenvalue weighted by Gasteiger charge is -2.27. The number of aliphatic hydroxyl groups excluding tert-OH is 1. The third kappa shape index (κ3) is 5.05. The Morgan fingerprint density at radius 3 is 2.31 bits per heavy atom. The zero-order chi connectivity index (χ0) is 25.7. The third-order valence-corrected chi connectivity index (χ3v) is 6.30. The molecule has 36 heavy (non-hydrogen) atoms. The maximum Gasteiger partial charge on any atom is 0.290 e. The van der Waals surface area contributed by atoms with Crippen LogP contribution >= 0.6 is 0 Å². The number of aliphatic hydroxyl groups is 1. The SMILES string of the molecule is COc1cccc(C2C(C(=O)CCc3ccccc3)=C(O)C(=O)N2Cc2ccc(OC)c(OC)c2)c1. The number of carbonyl (C=O) groups excluding carboxylic acids is 2. The monoisotopic (exact) mass is 487 g/mol. The van der Waals surface area contributed by atoms with Crippen LogP contribution in [0.4, 0.5) is 0 Å². The van der Waals surface area contributed by atoms with Gasteiger partial charge < -0.3 is 24.2 Å². The van der Waals surface area contributed by atoms with E-state index in [0.717, 1.165) is 11.1 Å². The number of hydrogen-bond donors (Lipinski definition) is 1. The van der Waals surface area contributed by atoms with Crippen LogP contribution in [0.15, 0.2) is 84.1 Å². The standard InChI is InChI=1S/C29H29NO6/c1-34-22-11-7-10-21(17-22)27-26(23(31)14-12-19-8-5-4-6-9-19)28(32)29(33)30(27)18-20-13-15-24(35-2)25(16-20)36-3/h4-11,13,15-17,27,32H,12,14,18H2,1-3H3. The Labute approximate surface area is 210 Å². The summed E-state index contributed by atoms with van der Waals surface area (Å²) in [7, 11) is 4.65. The minimum atomic E-state index is -0.760. The molecule has 1 atom stereocenters. The molecule has 1 aliphatic rings. The van der Waals surface area contributed by atoms with Crippen molar-refractivity contribution >= 4 is 11.7 Å². The number of aryl methyl sites for hydroxylation is 1. The van der Waals surface area contributed by atoms with Gasteiger partial charge in [-0.25, -0.2) is 0 Å². The van der Waals surface area contributed by atoms with Crippen LogP contribution in [0.2, 0.25) is 0 Å². The van der Waals surface area contributed by atoms with Crippen molar-refractivity contribution < 1.29 is 28.9 Å². The first-order valence-electron chi connectivity index (χ1n) is 11.6. The summed E-state index contributed by atoms with van der Waals surface area (Å²) < 4.78 is 16.1. The van der Waals surface area contributed by atoms with Crippen LogP contribution in [0.5, 0.6) is 17.2 Å². The highest BCUT2D eigenvalue weighted by Gasteiger charge is 2.43. The van der Waals surface area contributed by atoms with Gasteiger partial charge in [0.2, 0.25) is 0 Å². The van der Waals surface area contributed by atoms with E-state index in [9.17, 15) is 14.7 Å². The van der Waals surface area contributed by atoms with Crippen molar-refractivity contribution in [2.24, 2.45) is 0 Å². The molecule has 1 N–H and O–H groups in total. The number of rotatable bonds is 10. The Morgan fingerprint density at radius 2 is 1.61 bits per heavy atom. The van der Waals surface area contributed by atoms with Gasteiger partial charge in [0.05, 0.1) is 32.9 Å². The van der Waals surface area contributed by atoms with Gasteiger partial charge >= 0.3 is 0 Å². The fraction of sp³-hybridized carbons (Fsp3) is 0.241. The molecular weight excluding hydrogens is 458 g/mol. The highest BCUT2D eigenvalue weighted by atomic mass is 16.5. The third-order valence-electron chi connectivity index (χ3n) is 6.30. The fourth-order valence-electron chi connectivity index (χ4n) is 4.47. The lowest BCUT2D eigenvalue weighted by atomic mass is 9.93. The molecule has 0 aliphatic carbocycles. The van der Waals surface area contributed by atoms with Gasteiger partial charge in [-0.05, 0) is 47.4 Å². The lowest BCUT2D eigenvalue weighted by molar-refractivity contribution is -0.130. The molecule has 1 heterocycles. The number of ketones is 1. The van der Waals surface area contributed by atoms with Crippen LogP contribution in [0, 0.1) is 0 Å². The first-order valence-corrected chi connectivity index (χ1v) is 11.6. The van der Waals surface area contributed by atoms with Crippen molar-refractivity contribution in [3.05, 3.63) is 101 Å². The van der Waals surface area contributed by atoms with Gasteiger partial charge in [0.25, 0.3) is 5.91 Å². The smallest absolute Gasteiger partial charge is 0.290 e. The van der Waals surface area contributed by atoms with Crippen LogP contribution < -0.4 is 14.2 Å². The molecule has 1 aliphatic heterocycles. The second-order valence-electron chi connectivity index (χ2n) is 8.47. The summed E-state index contributed by atoms with van der Waals surface area (Å²) in [4.78, 5) is 28.2. The Morgan fingerprint density at radius 1 is 0.861 bits per heavy atom. The molecule has 7 nitrogen and oxygen atoms in total. The zero-order valence-corrected chi connectivity index (χ0v) is 20.6. The van der Waals surface area contributed by atoms with E-state index in [1.807, 2.05) is 42.5 Å². The number of benzene rings is 3. The molecular formula is C29H29NO6. The van der Waals surface area contributed by atoms with Gasteiger partial charge in [-0.3, -0.25) is 9.59 Å². The van der Waals surface area contributed by atoms with Gasteiger partial charge in [-0.2, -0.15) is 0 Å². The quantitative estimate of drug-likeness (QED) is 0.442. The number of nitrogens with zero attached hydrogens (tertiary/aromatic N) is 1. The predicted octanol–water partition coefficient (Wildman–Crippen LogP) is 4.81. The molecule has 3 aromatic carbocycles. The van der Waals surface area contributed by atoms with Gasteiger partial charge in [-0.15, -0.1) is 0 Å². The molecule has 0 radical (unpaired) electrons. The summed E-state index contributed by atoms with van der Waals surface area (Å²) in [5.74, 6) is 0.301. The lowest BCUT2D eigenvalue weighted by Crippen LogP contribution is -2.30. The van der Waals surface area contributed by atoms with Gasteiger partial charge in [-0.1, -0.05) is 48.5 Å². The van der Waals surface area contributed by atoms with E-state index in [1.54, 1.807) is 51.7 Å². The van der Waals surface area contributed by atoms with E-state index in [0.29, 0.717) is 29.2 Å². The van der Waals surface area contributed by atoms with E-state index >= 15 is 0 Å². The Balaban J connectivity index is 1.69. The Hall–Kier alpha value is -4.26. The summed E-state index contributed by atoms with van der Waals surface area (Å²) >= 11 is 0. The normalized spacial score (nSPS) is 15.2. The fourth-order valence-corrected chi connectivity index (χ4v) is 4.47. The molecule has 7 heteroatoms. The van der Waals surface area contributed by atoms with E-state index < -0.39 is 17.7 Å². The van der Waals surface area contributed by atoms with E-state index in [-0.39, 0.29) is 24.3 Å². The number of ether oxygens (including phenoxy) is 3. The molecule has 1 unspecified atom stereocenters. The van der Waals surface area contributed by atoms with E-state index in [2.05, 4.69) is 0 Å². The summed E-state index contributed by atoms with van der Waals surface area (Å²) in [5.41, 5.74) is 2.55. The molecule has 4 rings (SSSR count). The summed E-state index contributed by atoms with van der Waals surface area (Å²) in [6.45, 7) is 0.153. The van der Waals surface area contributed by atoms with Crippen molar-refractivity contribution in [3.8, 4) is 17.2 Å². The molecule has 0 saturated heterocycles. The van der Waals surface area contributed by atoms with Crippen LogP contribution in [0.3, 0.4) is 0 Å². The van der Waals surface area contributed by atoms with Crippen molar-refractivity contribution in [1.29, 1.82) is 0 Å². The van der Waals surface area contributed by atoms with Crippen molar-refractivity contribution in [2.45, 2.75) is 25.4 Å². The Kier molecular flexibility index (Phi) is 7.59. The molecule has 186 valence electrons. The van der Waals surface area contributed by atoms with Gasteiger partial charge in [0.1, 0.15) is 5.75 Å². The largest absolute Gasteiger partial charge is 0.503 e. The average Bonchev–Trinajstić information content (AvgIpc) is 3.17. The van der Waals surface area contributed by atoms with Crippen molar-refractivity contribution in [2.75, 3.05) is 21.3 Å². The first-order chi connectivity index (χ1) is 17.5. The molecule has 3 aromatic rings. The number of amides is 1. The zero-order valence-electron chi connectivity index (χ0n) is 20.6. The van der Waals surface area contributed by atoms with E-state index in [4.69, 9.17) is 14.2 Å². The second-order valence-corrected chi connectivity index (χ2v) is 8.47. The summed E-state index contributed by atoms with van der Waals surface area (Å²) in [6.07, 6.45) is 0.673. The van der Waals surface area contributed by atoms with Gasteiger partial charge in [0, 0.05) is 13.0 Å². The predicted molar refractivity (Wildman–Crippen MR) is 135 cm³/mol. The van der Waals surface area contributed by atoms with E-state index in [1.165, 1.54) is 4.90 Å². The molecule has 0 saturated carbocycles. The second kappa shape index (κ2) is 11.0. The highest BCUT2D eigenvalue weighted by Crippen LogP contribution is 2.41. The van der Waals surface area contributed by atoms with Gasteiger partial charge in [0.15, 0.2) is 23.0 Å². The maximum absolute atomic E-state index is 13.4. The number of hydrogen-bond acceptors (Lipinski definition) is 6. The molecule has 0 fully saturated rings. The topological polar surface area (TPSA) is 85.3 Å². The van der Waals surface area contributed by atoms with Crippen LogP contribution in [-0.2, 0) is 22.6 Å². The van der Waals surface area contributed by atoms with Crippen LogP contribution in [0.25, 0.3) is 0 Å². The first kappa shape index (κ1) is 24.9. The molecule has 0 spiro atoms. The maximum atomic E-state index is 13.4. The summed E-state index contributed by atoms with van der Waals surface area (Å²) in [6, 6.07) is 21.4. The molecule has 0 aromatic heterocycles. The van der Waals surface area contributed by atoms with Crippen LogP contribution in [0.1, 0.15) is 29.2 Å². The summed E-state index contributed by atoms with van der Waals surface area (Å²) in [5, 5.41) is 10.9. The number of Topliss-reactive ketones (excluding diaryl/α,β-unsaturated/α-hetero) is 1. The Bertz CT molecular complexity index is 1280. The molecule has 0 bridgehead atoms.